The maximum Gasteiger partial charge on any atom is 0.272 e. The predicted octanol–water partition coefficient (Wildman–Crippen LogP) is 4.79. The Morgan fingerprint density at radius 3 is 2.57 bits per heavy atom. The lowest BCUT2D eigenvalue weighted by Crippen LogP contribution is -2.18. The van der Waals surface area contributed by atoms with Crippen molar-refractivity contribution >= 4 is 33.7 Å². The van der Waals surface area contributed by atoms with Gasteiger partial charge in [-0.2, -0.15) is 10.4 Å². The number of carbonyl (C=O) groups excluding carboxylic acids is 1. The predicted molar refractivity (Wildman–Crippen MR) is 114 cm³/mol. The highest BCUT2D eigenvalue weighted by Gasteiger charge is 2.12. The number of hydrogen-bond donors (Lipinski definition) is 1. The Morgan fingerprint density at radius 2 is 1.90 bits per heavy atom. The van der Waals surface area contributed by atoms with Crippen LogP contribution < -0.4 is 10.2 Å². The lowest BCUT2D eigenvalue weighted by Gasteiger charge is -2.07. The zero-order chi connectivity index (χ0) is 21.5. The van der Waals surface area contributed by atoms with Crippen LogP contribution in [0.2, 0.25) is 0 Å². The molecule has 0 radical (unpaired) electrons. The van der Waals surface area contributed by atoms with Gasteiger partial charge in [-0.1, -0.05) is 12.1 Å². The van der Waals surface area contributed by atoms with Crippen LogP contribution in [-0.2, 0) is 0 Å². The summed E-state index contributed by atoms with van der Waals surface area (Å²) in [6.45, 7) is 0. The second-order valence-corrected chi connectivity index (χ2v) is 6.75. The number of non-ortho nitro benzene ring substituents is 1. The molecule has 0 unspecified atom stereocenters. The van der Waals surface area contributed by atoms with Gasteiger partial charge in [0, 0.05) is 16.6 Å². The van der Waals surface area contributed by atoms with Gasteiger partial charge < -0.3 is 4.74 Å². The van der Waals surface area contributed by atoms with Crippen molar-refractivity contribution in [1.82, 2.24) is 5.43 Å². The standard InChI is InChI=1S/C21H13BrN4O4/c22-19-4-2-1-3-18(19)21(27)25-24-13-14-5-8-17(9-6-14)30-20-10-7-16(26(28)29)11-15(20)12-23/h1-11,13H,(H,25,27). The molecule has 0 fully saturated rings. The van der Waals surface area contributed by atoms with E-state index >= 15 is 0 Å². The first kappa shape index (κ1) is 20.7. The molecule has 1 N–H and O–H groups in total. The van der Waals surface area contributed by atoms with Crippen molar-refractivity contribution < 1.29 is 14.5 Å². The van der Waals surface area contributed by atoms with Crippen LogP contribution in [0.25, 0.3) is 0 Å². The molecule has 0 aliphatic heterocycles. The molecule has 0 heterocycles. The Bertz CT molecular complexity index is 1170. The van der Waals surface area contributed by atoms with Crippen LogP contribution in [0.3, 0.4) is 0 Å². The van der Waals surface area contributed by atoms with Gasteiger partial charge >= 0.3 is 0 Å². The molecule has 0 aliphatic carbocycles. The van der Waals surface area contributed by atoms with Gasteiger partial charge in [-0.05, 0) is 64.0 Å². The Labute approximate surface area is 179 Å². The van der Waals surface area contributed by atoms with Crippen LogP contribution in [0.1, 0.15) is 21.5 Å². The van der Waals surface area contributed by atoms with E-state index in [4.69, 9.17) is 4.74 Å². The van der Waals surface area contributed by atoms with E-state index in [0.29, 0.717) is 21.3 Å². The van der Waals surface area contributed by atoms with E-state index in [-0.39, 0.29) is 22.9 Å². The highest BCUT2D eigenvalue weighted by molar-refractivity contribution is 9.10. The molecule has 1 amide bonds. The van der Waals surface area contributed by atoms with E-state index in [2.05, 4.69) is 26.5 Å². The highest BCUT2D eigenvalue weighted by atomic mass is 79.9. The minimum Gasteiger partial charge on any atom is -0.456 e. The number of benzene rings is 3. The van der Waals surface area contributed by atoms with Gasteiger partial charge in [0.2, 0.25) is 0 Å². The summed E-state index contributed by atoms with van der Waals surface area (Å²) >= 11 is 3.31. The second-order valence-electron chi connectivity index (χ2n) is 5.90. The van der Waals surface area contributed by atoms with Crippen molar-refractivity contribution in [3.8, 4) is 17.6 Å². The molecule has 0 spiro atoms. The molecule has 0 aromatic heterocycles. The van der Waals surface area contributed by atoms with Crippen molar-refractivity contribution in [3.05, 3.63) is 98.0 Å². The average Bonchev–Trinajstić information content (AvgIpc) is 2.75. The van der Waals surface area contributed by atoms with E-state index in [9.17, 15) is 20.2 Å². The molecule has 9 heteroatoms. The second kappa shape index (κ2) is 9.45. The van der Waals surface area contributed by atoms with E-state index in [1.807, 2.05) is 12.1 Å². The van der Waals surface area contributed by atoms with Crippen LogP contribution in [0.5, 0.6) is 11.5 Å². The fraction of sp³-hybridized carbons (Fsp3) is 0. The van der Waals surface area contributed by atoms with Gasteiger partial charge in [0.1, 0.15) is 23.1 Å². The fourth-order valence-corrected chi connectivity index (χ4v) is 2.89. The van der Waals surface area contributed by atoms with Crippen molar-refractivity contribution in [1.29, 1.82) is 5.26 Å². The minimum atomic E-state index is -0.575. The van der Waals surface area contributed by atoms with Crippen LogP contribution in [-0.4, -0.2) is 17.0 Å². The van der Waals surface area contributed by atoms with Crippen LogP contribution in [0.15, 0.2) is 76.3 Å². The third-order valence-electron chi connectivity index (χ3n) is 3.90. The summed E-state index contributed by atoms with van der Waals surface area (Å²) in [5.41, 5.74) is 3.50. The Hall–Kier alpha value is -4.03. The number of hydrazone groups is 1. The summed E-state index contributed by atoms with van der Waals surface area (Å²) in [6, 6.07) is 19.4. The number of ether oxygens (including phenoxy) is 1. The SMILES string of the molecule is N#Cc1cc([N+](=O)[O-])ccc1Oc1ccc(C=NNC(=O)c2ccccc2Br)cc1. The molecule has 0 bridgehead atoms. The number of rotatable bonds is 6. The van der Waals surface area contributed by atoms with E-state index in [0.717, 1.165) is 6.07 Å². The molecular formula is C21H13BrN4O4. The Balaban J connectivity index is 1.65. The topological polar surface area (TPSA) is 118 Å². The molecule has 148 valence electrons. The van der Waals surface area contributed by atoms with Crippen molar-refractivity contribution in [2.45, 2.75) is 0 Å². The van der Waals surface area contributed by atoms with Gasteiger partial charge in [-0.3, -0.25) is 14.9 Å². The van der Waals surface area contributed by atoms with Crippen molar-refractivity contribution in [2.24, 2.45) is 5.10 Å². The molecule has 0 saturated carbocycles. The summed E-state index contributed by atoms with van der Waals surface area (Å²) in [5.74, 6) is 0.306. The number of nitrogens with one attached hydrogen (secondary N) is 1. The fourth-order valence-electron chi connectivity index (χ4n) is 2.43. The molecule has 3 aromatic carbocycles. The lowest BCUT2D eigenvalue weighted by atomic mass is 10.2. The maximum absolute atomic E-state index is 12.1. The highest BCUT2D eigenvalue weighted by Crippen LogP contribution is 2.28. The van der Waals surface area contributed by atoms with Crippen LogP contribution >= 0.6 is 15.9 Å². The number of amides is 1. The van der Waals surface area contributed by atoms with E-state index in [1.165, 1.54) is 18.3 Å². The molecule has 0 saturated heterocycles. The third-order valence-corrected chi connectivity index (χ3v) is 4.59. The lowest BCUT2D eigenvalue weighted by molar-refractivity contribution is -0.384. The van der Waals surface area contributed by atoms with Crippen LogP contribution in [0, 0.1) is 21.4 Å². The van der Waals surface area contributed by atoms with Gasteiger partial charge in [0.15, 0.2) is 0 Å². The quantitative estimate of drug-likeness (QED) is 0.319. The molecule has 30 heavy (non-hydrogen) atoms. The minimum absolute atomic E-state index is 0.0598. The van der Waals surface area contributed by atoms with Crippen LogP contribution in [0.4, 0.5) is 5.69 Å². The summed E-state index contributed by atoms with van der Waals surface area (Å²) < 4.78 is 6.31. The summed E-state index contributed by atoms with van der Waals surface area (Å²) in [4.78, 5) is 22.3. The summed E-state index contributed by atoms with van der Waals surface area (Å²) in [6.07, 6.45) is 1.48. The first-order chi connectivity index (χ1) is 14.5. The number of nitro benzene ring substituents is 1. The molecule has 3 rings (SSSR count). The third kappa shape index (κ3) is 5.06. The van der Waals surface area contributed by atoms with E-state index < -0.39 is 4.92 Å². The van der Waals surface area contributed by atoms with Crippen molar-refractivity contribution in [2.75, 3.05) is 0 Å². The monoisotopic (exact) mass is 464 g/mol. The average molecular weight is 465 g/mol. The normalized spacial score (nSPS) is 10.4. The number of halogens is 1. The number of carbonyl (C=O) groups is 1. The van der Waals surface area contributed by atoms with Gasteiger partial charge in [-0.25, -0.2) is 5.43 Å². The van der Waals surface area contributed by atoms with Crippen molar-refractivity contribution in [3.63, 3.8) is 0 Å². The number of nitrogens with zero attached hydrogens (tertiary/aromatic N) is 3. The Morgan fingerprint density at radius 1 is 1.17 bits per heavy atom. The number of hydrogen-bond acceptors (Lipinski definition) is 6. The smallest absolute Gasteiger partial charge is 0.272 e. The Kier molecular flexibility index (Phi) is 6.52. The van der Waals surface area contributed by atoms with E-state index in [1.54, 1.807) is 42.5 Å². The number of nitro groups is 1. The first-order valence-corrected chi connectivity index (χ1v) is 9.31. The molecule has 0 aliphatic rings. The summed E-state index contributed by atoms with van der Waals surface area (Å²) in [7, 11) is 0. The van der Waals surface area contributed by atoms with Gasteiger partial charge in [0.25, 0.3) is 11.6 Å². The molecule has 3 aromatic rings. The molecule has 8 nitrogen and oxygen atoms in total. The largest absolute Gasteiger partial charge is 0.456 e. The maximum atomic E-state index is 12.1. The number of nitriles is 1. The first-order valence-electron chi connectivity index (χ1n) is 8.52. The summed E-state index contributed by atoms with van der Waals surface area (Å²) in [5, 5.41) is 23.9. The zero-order valence-electron chi connectivity index (χ0n) is 15.3. The molecule has 0 atom stereocenters. The zero-order valence-corrected chi connectivity index (χ0v) is 16.9. The van der Waals surface area contributed by atoms with Gasteiger partial charge in [-0.15, -0.1) is 0 Å². The van der Waals surface area contributed by atoms with Gasteiger partial charge in [0.05, 0.1) is 16.7 Å². The molecular weight excluding hydrogens is 452 g/mol.